The summed E-state index contributed by atoms with van der Waals surface area (Å²) in [7, 11) is -7.46. The standard InChI is InChI=1S/C21H17ClN2O8S2/c1-12-15(21(25)30-2)11-20(31-12)34(28,29)23-16-8-7-14(22)10-17(16)24-33(26,27)19-9-13-5-3-4-6-18(13)32-19/h3-11,23-24H,1-2H3. The molecule has 4 rings (SSSR count). The first kappa shape index (κ1) is 23.7. The van der Waals surface area contributed by atoms with E-state index in [0.717, 1.165) is 13.2 Å². The fourth-order valence-electron chi connectivity index (χ4n) is 3.07. The number of furan rings is 2. The van der Waals surface area contributed by atoms with Crippen LogP contribution in [0.15, 0.2) is 73.6 Å². The quantitative estimate of drug-likeness (QED) is 0.339. The molecule has 0 spiro atoms. The molecule has 13 heteroatoms. The predicted octanol–water partition coefficient (Wildman–Crippen LogP) is 4.38. The molecule has 10 nitrogen and oxygen atoms in total. The number of carbonyl (C=O) groups is 1. The van der Waals surface area contributed by atoms with Crippen LogP contribution >= 0.6 is 11.6 Å². The summed E-state index contributed by atoms with van der Waals surface area (Å²) in [6.07, 6.45) is 0. The number of ether oxygens (including phenoxy) is 1. The molecule has 0 aliphatic rings. The first-order chi connectivity index (χ1) is 16.0. The molecule has 4 aromatic rings. The molecule has 0 radical (unpaired) electrons. The van der Waals surface area contributed by atoms with E-state index in [-0.39, 0.29) is 32.8 Å². The number of fused-ring (bicyclic) bond motifs is 1. The highest BCUT2D eigenvalue weighted by Crippen LogP contribution is 2.32. The van der Waals surface area contributed by atoms with Gasteiger partial charge in [0, 0.05) is 22.5 Å². The molecule has 0 saturated carbocycles. The van der Waals surface area contributed by atoms with E-state index in [1.54, 1.807) is 24.3 Å². The maximum Gasteiger partial charge on any atom is 0.341 e. The van der Waals surface area contributed by atoms with Crippen LogP contribution in [0, 0.1) is 6.92 Å². The summed E-state index contributed by atoms with van der Waals surface area (Å²) in [5.41, 5.74) is 0.0000420. The molecule has 0 fully saturated rings. The third-order valence-corrected chi connectivity index (χ3v) is 7.38. The number of para-hydroxylation sites is 1. The van der Waals surface area contributed by atoms with E-state index in [0.29, 0.717) is 11.0 Å². The minimum atomic E-state index is -4.36. The molecule has 34 heavy (non-hydrogen) atoms. The van der Waals surface area contributed by atoms with Gasteiger partial charge in [-0.3, -0.25) is 9.44 Å². The van der Waals surface area contributed by atoms with Crippen LogP contribution in [-0.4, -0.2) is 29.9 Å². The van der Waals surface area contributed by atoms with E-state index in [1.807, 2.05) is 0 Å². The maximum atomic E-state index is 12.9. The Balaban J connectivity index is 1.68. The van der Waals surface area contributed by atoms with Gasteiger partial charge in [-0.2, -0.15) is 16.8 Å². The van der Waals surface area contributed by atoms with E-state index >= 15 is 0 Å². The number of hydrogen-bond acceptors (Lipinski definition) is 8. The molecule has 2 N–H and O–H groups in total. The average molecular weight is 525 g/mol. The number of sulfonamides is 2. The summed E-state index contributed by atoms with van der Waals surface area (Å²) in [5.74, 6) is -0.734. The van der Waals surface area contributed by atoms with Crippen molar-refractivity contribution in [3.63, 3.8) is 0 Å². The highest BCUT2D eigenvalue weighted by atomic mass is 35.5. The van der Waals surface area contributed by atoms with Gasteiger partial charge < -0.3 is 13.6 Å². The van der Waals surface area contributed by atoms with Crippen molar-refractivity contribution < 1.29 is 35.2 Å². The Morgan fingerprint density at radius 3 is 2.21 bits per heavy atom. The first-order valence-electron chi connectivity index (χ1n) is 9.53. The van der Waals surface area contributed by atoms with Gasteiger partial charge in [-0.1, -0.05) is 29.8 Å². The molecule has 0 atom stereocenters. The highest BCUT2D eigenvalue weighted by Gasteiger charge is 2.27. The first-order valence-corrected chi connectivity index (χ1v) is 12.9. The van der Waals surface area contributed by atoms with Crippen molar-refractivity contribution in [1.82, 2.24) is 0 Å². The van der Waals surface area contributed by atoms with E-state index in [2.05, 4.69) is 14.2 Å². The number of anilines is 2. The second-order valence-electron chi connectivity index (χ2n) is 7.03. The minimum Gasteiger partial charge on any atom is -0.465 e. The number of benzene rings is 2. The van der Waals surface area contributed by atoms with Gasteiger partial charge in [-0.25, -0.2) is 4.79 Å². The summed E-state index contributed by atoms with van der Waals surface area (Å²) in [4.78, 5) is 11.8. The van der Waals surface area contributed by atoms with Crippen molar-refractivity contribution in [3.8, 4) is 0 Å². The molecular formula is C21H17ClN2O8S2. The van der Waals surface area contributed by atoms with Crippen molar-refractivity contribution in [2.75, 3.05) is 16.6 Å². The molecule has 2 heterocycles. The summed E-state index contributed by atoms with van der Waals surface area (Å²) < 4.78 is 71.4. The van der Waals surface area contributed by atoms with Crippen LogP contribution in [-0.2, 0) is 24.8 Å². The van der Waals surface area contributed by atoms with Gasteiger partial charge >= 0.3 is 5.97 Å². The van der Waals surface area contributed by atoms with E-state index < -0.39 is 31.1 Å². The number of nitrogens with one attached hydrogen (secondary N) is 2. The van der Waals surface area contributed by atoms with Crippen molar-refractivity contribution in [1.29, 1.82) is 0 Å². The summed E-state index contributed by atoms with van der Waals surface area (Å²) in [6.45, 7) is 1.40. The second kappa shape index (κ2) is 8.70. The number of aryl methyl sites for hydroxylation is 1. The van der Waals surface area contributed by atoms with Crippen LogP contribution < -0.4 is 9.44 Å². The number of rotatable bonds is 7. The summed E-state index contributed by atoms with van der Waals surface area (Å²) in [6, 6.07) is 12.9. The fourth-order valence-corrected chi connectivity index (χ4v) is 5.36. The average Bonchev–Trinajstić information content (AvgIpc) is 3.39. The van der Waals surface area contributed by atoms with Crippen molar-refractivity contribution in [3.05, 3.63) is 70.9 Å². The number of hydrogen-bond donors (Lipinski definition) is 2. The van der Waals surface area contributed by atoms with Crippen LogP contribution in [0.1, 0.15) is 16.1 Å². The predicted molar refractivity (Wildman–Crippen MR) is 124 cm³/mol. The molecular weight excluding hydrogens is 508 g/mol. The molecule has 0 aliphatic heterocycles. The number of esters is 1. The zero-order valence-corrected chi connectivity index (χ0v) is 20.0. The Labute approximate surface area is 199 Å². The molecule has 2 aromatic heterocycles. The van der Waals surface area contributed by atoms with Gasteiger partial charge in [-0.05, 0) is 31.2 Å². The Hall–Kier alpha value is -3.48. The maximum absolute atomic E-state index is 12.9. The lowest BCUT2D eigenvalue weighted by Gasteiger charge is -2.13. The van der Waals surface area contributed by atoms with Crippen molar-refractivity contribution in [2.24, 2.45) is 0 Å². The van der Waals surface area contributed by atoms with E-state index in [4.69, 9.17) is 20.4 Å². The number of methoxy groups -OCH3 is 1. The van der Waals surface area contributed by atoms with Gasteiger partial charge in [-0.15, -0.1) is 0 Å². The third-order valence-electron chi connectivity index (χ3n) is 4.70. The SMILES string of the molecule is COC(=O)c1cc(S(=O)(=O)Nc2ccc(Cl)cc2NS(=O)(=O)c2cc3ccccc3o2)oc1C. The lowest BCUT2D eigenvalue weighted by atomic mass is 10.3. The van der Waals surface area contributed by atoms with Crippen LogP contribution in [0.3, 0.4) is 0 Å². The van der Waals surface area contributed by atoms with Gasteiger partial charge in [0.2, 0.25) is 10.2 Å². The van der Waals surface area contributed by atoms with Crippen LogP contribution in [0.2, 0.25) is 5.02 Å². The minimum absolute atomic E-state index is 0.0362. The lowest BCUT2D eigenvalue weighted by molar-refractivity contribution is 0.0598. The van der Waals surface area contributed by atoms with Crippen molar-refractivity contribution >= 4 is 60.0 Å². The van der Waals surface area contributed by atoms with Gasteiger partial charge in [0.1, 0.15) is 16.9 Å². The Kier molecular flexibility index (Phi) is 6.06. The number of carbonyl (C=O) groups excluding carboxylic acids is 1. The van der Waals surface area contributed by atoms with Crippen LogP contribution in [0.5, 0.6) is 0 Å². The topological polar surface area (TPSA) is 145 Å². The van der Waals surface area contributed by atoms with Crippen LogP contribution in [0.25, 0.3) is 11.0 Å². The Morgan fingerprint density at radius 2 is 1.53 bits per heavy atom. The number of halogens is 1. The monoisotopic (exact) mass is 524 g/mol. The second-order valence-corrected chi connectivity index (χ2v) is 10.7. The van der Waals surface area contributed by atoms with Crippen molar-refractivity contribution in [2.45, 2.75) is 17.1 Å². The highest BCUT2D eigenvalue weighted by molar-refractivity contribution is 7.93. The molecule has 0 bridgehead atoms. The molecule has 0 saturated heterocycles. The Bertz CT molecular complexity index is 1590. The lowest BCUT2D eigenvalue weighted by Crippen LogP contribution is -2.17. The zero-order chi connectivity index (χ0) is 24.7. The molecule has 0 amide bonds. The van der Waals surface area contributed by atoms with Gasteiger partial charge in [0.15, 0.2) is 0 Å². The largest absolute Gasteiger partial charge is 0.465 e. The fraction of sp³-hybridized carbons (Fsp3) is 0.0952. The van der Waals surface area contributed by atoms with Gasteiger partial charge in [0.25, 0.3) is 20.0 Å². The summed E-state index contributed by atoms with van der Waals surface area (Å²) in [5, 5.41) is -0.213. The normalized spacial score (nSPS) is 12.0. The van der Waals surface area contributed by atoms with Gasteiger partial charge in [0.05, 0.1) is 18.5 Å². The molecule has 0 unspecified atom stereocenters. The molecule has 2 aromatic carbocycles. The van der Waals surface area contributed by atoms with E-state index in [9.17, 15) is 21.6 Å². The Morgan fingerprint density at radius 1 is 0.882 bits per heavy atom. The molecule has 178 valence electrons. The van der Waals surface area contributed by atoms with Crippen LogP contribution in [0.4, 0.5) is 11.4 Å². The smallest absolute Gasteiger partial charge is 0.341 e. The summed E-state index contributed by atoms with van der Waals surface area (Å²) >= 11 is 6.01. The zero-order valence-electron chi connectivity index (χ0n) is 17.7. The third kappa shape index (κ3) is 4.60. The molecule has 0 aliphatic carbocycles. The van der Waals surface area contributed by atoms with E-state index in [1.165, 1.54) is 31.2 Å².